The molecule has 1 aromatic rings. The number of carbonyl (C=O) groups is 2. The number of hydrogen-bond donors (Lipinski definition) is 1. The van der Waals surface area contributed by atoms with Crippen molar-refractivity contribution in [3.05, 3.63) is 29.8 Å². The van der Waals surface area contributed by atoms with Crippen molar-refractivity contribution in [3.8, 4) is 5.75 Å². The first-order chi connectivity index (χ1) is 16.4. The lowest BCUT2D eigenvalue weighted by atomic mass is 10.1. The Labute approximate surface area is 204 Å². The Bertz CT molecular complexity index is 793. The first kappa shape index (κ1) is 27.6. The molecule has 0 aliphatic carbocycles. The van der Waals surface area contributed by atoms with Crippen LogP contribution >= 0.6 is 0 Å². The molecule has 0 radical (unpaired) electrons. The summed E-state index contributed by atoms with van der Waals surface area (Å²) in [7, 11) is 5.59. The van der Waals surface area contributed by atoms with Gasteiger partial charge in [-0.25, -0.2) is 0 Å². The third kappa shape index (κ3) is 8.95. The third-order valence-corrected chi connectivity index (χ3v) is 5.98. The molecule has 0 bridgehead atoms. The van der Waals surface area contributed by atoms with E-state index in [9.17, 15) is 9.59 Å². The lowest BCUT2D eigenvalue weighted by Crippen LogP contribution is -2.47. The zero-order valence-corrected chi connectivity index (χ0v) is 21.4. The molecule has 0 spiro atoms. The molecular weight excluding hydrogens is 434 g/mol. The second-order valence-corrected chi connectivity index (χ2v) is 8.75. The number of amides is 2. The van der Waals surface area contributed by atoms with E-state index in [1.165, 1.54) is 0 Å². The Morgan fingerprint density at radius 3 is 2.47 bits per heavy atom. The Hall–Kier alpha value is -2.65. The fourth-order valence-corrected chi connectivity index (χ4v) is 3.87. The van der Waals surface area contributed by atoms with Crippen LogP contribution in [-0.4, -0.2) is 98.7 Å². The minimum absolute atomic E-state index is 0.0221. The van der Waals surface area contributed by atoms with Crippen molar-refractivity contribution < 1.29 is 19.2 Å². The summed E-state index contributed by atoms with van der Waals surface area (Å²) >= 11 is 0. The van der Waals surface area contributed by atoms with Crippen molar-refractivity contribution >= 4 is 17.5 Å². The Morgan fingerprint density at radius 1 is 1.15 bits per heavy atom. The minimum atomic E-state index is -0.549. The summed E-state index contributed by atoms with van der Waals surface area (Å²) in [5.41, 5.74) is 1.67. The Balaban J connectivity index is 1.98. The van der Waals surface area contributed by atoms with Gasteiger partial charge >= 0.3 is 0 Å². The summed E-state index contributed by atoms with van der Waals surface area (Å²) in [6.07, 6.45) is 1.54. The highest BCUT2D eigenvalue weighted by Crippen LogP contribution is 2.19. The van der Waals surface area contributed by atoms with Crippen molar-refractivity contribution in [2.45, 2.75) is 45.8 Å². The largest absolute Gasteiger partial charge is 0.497 e. The van der Waals surface area contributed by atoms with Crippen molar-refractivity contribution in [1.82, 2.24) is 20.0 Å². The molecule has 1 aliphatic heterocycles. The molecule has 9 heteroatoms. The molecule has 1 atom stereocenters. The molecule has 190 valence electrons. The molecule has 0 unspecified atom stereocenters. The third-order valence-electron chi connectivity index (χ3n) is 5.98. The maximum atomic E-state index is 13.0. The molecular formula is C25H41N5O4. The summed E-state index contributed by atoms with van der Waals surface area (Å²) in [6.45, 7) is 8.88. The van der Waals surface area contributed by atoms with Crippen LogP contribution in [0.5, 0.6) is 5.75 Å². The molecule has 1 aliphatic rings. The van der Waals surface area contributed by atoms with E-state index >= 15 is 0 Å². The van der Waals surface area contributed by atoms with Crippen molar-refractivity contribution in [3.63, 3.8) is 0 Å². The number of likely N-dealkylation sites (N-methyl/N-ethyl adjacent to an activating group) is 1. The second kappa shape index (κ2) is 14.6. The molecule has 1 N–H and O–H groups in total. The zero-order valence-electron chi connectivity index (χ0n) is 21.4. The smallest absolute Gasteiger partial charge is 0.243 e. The van der Waals surface area contributed by atoms with Crippen molar-refractivity contribution in [1.29, 1.82) is 0 Å². The van der Waals surface area contributed by atoms with Crippen LogP contribution in [0.15, 0.2) is 29.4 Å². The Morgan fingerprint density at radius 2 is 1.85 bits per heavy atom. The number of hydrogen-bond acceptors (Lipinski definition) is 7. The van der Waals surface area contributed by atoms with Gasteiger partial charge in [0, 0.05) is 25.9 Å². The molecule has 1 heterocycles. The summed E-state index contributed by atoms with van der Waals surface area (Å²) in [4.78, 5) is 37.4. The van der Waals surface area contributed by atoms with Gasteiger partial charge in [0.2, 0.25) is 11.8 Å². The summed E-state index contributed by atoms with van der Waals surface area (Å²) in [5, 5.41) is 7.27. The van der Waals surface area contributed by atoms with Gasteiger partial charge in [0.15, 0.2) is 0 Å². The maximum Gasteiger partial charge on any atom is 0.243 e. The highest BCUT2D eigenvalue weighted by molar-refractivity contribution is 6.00. The van der Waals surface area contributed by atoms with Crippen molar-refractivity contribution in [2.75, 3.05) is 60.5 Å². The number of likely N-dealkylation sites (tertiary alicyclic amines) is 1. The van der Waals surface area contributed by atoms with Gasteiger partial charge in [-0.3, -0.25) is 9.59 Å². The number of ether oxygens (including phenoxy) is 1. The van der Waals surface area contributed by atoms with E-state index in [-0.39, 0.29) is 11.8 Å². The molecule has 34 heavy (non-hydrogen) atoms. The molecule has 2 rings (SSSR count). The summed E-state index contributed by atoms with van der Waals surface area (Å²) in [5.74, 6) is 0.628. The van der Waals surface area contributed by atoms with Crippen molar-refractivity contribution in [2.24, 2.45) is 5.16 Å². The van der Waals surface area contributed by atoms with Gasteiger partial charge in [-0.15, -0.1) is 0 Å². The van der Waals surface area contributed by atoms with Crippen LogP contribution in [0.25, 0.3) is 0 Å². The number of nitrogens with one attached hydrogen (secondary N) is 1. The minimum Gasteiger partial charge on any atom is -0.497 e. The van der Waals surface area contributed by atoms with E-state index in [0.717, 1.165) is 43.9 Å². The molecule has 2 amide bonds. The molecule has 1 aromatic carbocycles. The highest BCUT2D eigenvalue weighted by Gasteiger charge is 2.37. The van der Waals surface area contributed by atoms with Crippen LogP contribution in [0.2, 0.25) is 0 Å². The van der Waals surface area contributed by atoms with E-state index in [2.05, 4.69) is 34.1 Å². The van der Waals surface area contributed by atoms with Gasteiger partial charge in [0.1, 0.15) is 18.4 Å². The maximum absolute atomic E-state index is 13.0. The summed E-state index contributed by atoms with van der Waals surface area (Å²) < 4.78 is 5.17. The first-order valence-electron chi connectivity index (χ1n) is 12.1. The van der Waals surface area contributed by atoms with Crippen LogP contribution in [0.1, 0.15) is 38.7 Å². The summed E-state index contributed by atoms with van der Waals surface area (Å²) in [6, 6.07) is 7.02. The monoisotopic (exact) mass is 475 g/mol. The number of benzene rings is 1. The fourth-order valence-electron chi connectivity index (χ4n) is 3.87. The van der Waals surface area contributed by atoms with Crippen LogP contribution in [0.4, 0.5) is 0 Å². The highest BCUT2D eigenvalue weighted by atomic mass is 16.6. The standard InChI is InChI=1S/C25H41N5O4/c1-6-29(7-2)16-14-26-25(32)23-17-21(18-30(23)24(31)9-8-15-28(3)4)27-34-19-20-10-12-22(33-5)13-11-20/h10-13,23H,6-9,14-19H2,1-5H3,(H,26,32)/b27-21+/t23-/m0/s1. The average molecular weight is 476 g/mol. The lowest BCUT2D eigenvalue weighted by molar-refractivity contribution is -0.138. The van der Waals surface area contributed by atoms with Crippen LogP contribution < -0.4 is 10.1 Å². The number of rotatable bonds is 14. The number of carbonyl (C=O) groups excluding carboxylic acids is 2. The predicted molar refractivity (Wildman–Crippen MR) is 134 cm³/mol. The first-order valence-corrected chi connectivity index (χ1v) is 12.1. The Kier molecular flexibility index (Phi) is 11.8. The quantitative estimate of drug-likeness (QED) is 0.414. The normalized spacial score (nSPS) is 17.0. The van der Waals surface area contributed by atoms with E-state index in [0.29, 0.717) is 38.2 Å². The second-order valence-electron chi connectivity index (χ2n) is 8.75. The van der Waals surface area contributed by atoms with Gasteiger partial charge < -0.3 is 29.6 Å². The van der Waals surface area contributed by atoms with Gasteiger partial charge in [0.25, 0.3) is 0 Å². The molecule has 1 saturated heterocycles. The van der Waals surface area contributed by atoms with Crippen LogP contribution in [0.3, 0.4) is 0 Å². The predicted octanol–water partition coefficient (Wildman–Crippen LogP) is 1.97. The SMILES string of the molecule is CCN(CC)CCNC(=O)[C@@H]1C/C(=N\OCc2ccc(OC)cc2)CN1C(=O)CCCN(C)C. The van der Waals surface area contributed by atoms with E-state index in [1.54, 1.807) is 12.0 Å². The average Bonchev–Trinajstić information content (AvgIpc) is 3.26. The van der Waals surface area contributed by atoms with Crippen LogP contribution in [0, 0.1) is 0 Å². The molecule has 1 fully saturated rings. The zero-order chi connectivity index (χ0) is 24.9. The number of nitrogens with zero attached hydrogens (tertiary/aromatic N) is 4. The topological polar surface area (TPSA) is 86.7 Å². The number of methoxy groups -OCH3 is 1. The lowest BCUT2D eigenvalue weighted by Gasteiger charge is -2.24. The molecule has 9 nitrogen and oxygen atoms in total. The molecule has 0 aromatic heterocycles. The van der Waals surface area contributed by atoms with Gasteiger partial charge in [0.05, 0.1) is 19.4 Å². The van der Waals surface area contributed by atoms with E-state index < -0.39 is 6.04 Å². The fraction of sp³-hybridized carbons (Fsp3) is 0.640. The van der Waals surface area contributed by atoms with Crippen LogP contribution in [-0.2, 0) is 21.0 Å². The van der Waals surface area contributed by atoms with Gasteiger partial charge in [-0.1, -0.05) is 31.1 Å². The van der Waals surface area contributed by atoms with E-state index in [4.69, 9.17) is 9.57 Å². The van der Waals surface area contributed by atoms with E-state index in [1.807, 2.05) is 38.4 Å². The number of oxime groups is 1. The van der Waals surface area contributed by atoms with Gasteiger partial charge in [-0.05, 0) is 57.8 Å². The van der Waals surface area contributed by atoms with Gasteiger partial charge in [-0.2, -0.15) is 0 Å². The molecule has 0 saturated carbocycles.